The van der Waals surface area contributed by atoms with Crippen LogP contribution in [0.4, 0.5) is 17.3 Å². The normalized spacial score (nSPS) is 16.6. The minimum atomic E-state index is -0.714. The van der Waals surface area contributed by atoms with Crippen molar-refractivity contribution in [3.8, 4) is 11.5 Å². The molecule has 0 aliphatic carbocycles. The minimum absolute atomic E-state index is 0.238. The maximum Gasteiger partial charge on any atom is 0.306 e. The van der Waals surface area contributed by atoms with Crippen LogP contribution in [0.15, 0.2) is 24.3 Å². The van der Waals surface area contributed by atoms with Crippen molar-refractivity contribution in [1.29, 1.82) is 0 Å². The molecule has 136 valence electrons. The van der Waals surface area contributed by atoms with Gasteiger partial charge in [-0.3, -0.25) is 4.79 Å². The van der Waals surface area contributed by atoms with E-state index in [0.29, 0.717) is 43.3 Å². The molecule has 0 radical (unpaired) electrons. The lowest BCUT2D eigenvalue weighted by Crippen LogP contribution is -2.36. The highest BCUT2D eigenvalue weighted by molar-refractivity contribution is 5.70. The highest BCUT2D eigenvalue weighted by atomic mass is 16.7. The predicted octanol–water partition coefficient (Wildman–Crippen LogP) is 2.56. The summed E-state index contributed by atoms with van der Waals surface area (Å²) in [7, 11) is 0. The van der Waals surface area contributed by atoms with Crippen molar-refractivity contribution in [1.82, 2.24) is 9.97 Å². The van der Waals surface area contributed by atoms with Gasteiger partial charge in [0.1, 0.15) is 17.5 Å². The van der Waals surface area contributed by atoms with Crippen LogP contribution < -0.4 is 19.7 Å². The van der Waals surface area contributed by atoms with Crippen molar-refractivity contribution in [3.05, 3.63) is 30.1 Å². The molecule has 0 unspecified atom stereocenters. The molecule has 0 atom stereocenters. The Labute approximate surface area is 150 Å². The number of rotatable bonds is 4. The third kappa shape index (κ3) is 3.35. The van der Waals surface area contributed by atoms with Gasteiger partial charge in [0.05, 0.1) is 5.92 Å². The van der Waals surface area contributed by atoms with Crippen LogP contribution in [-0.4, -0.2) is 40.9 Å². The van der Waals surface area contributed by atoms with Crippen molar-refractivity contribution in [3.63, 3.8) is 0 Å². The number of hydrogen-bond donors (Lipinski definition) is 2. The summed E-state index contributed by atoms with van der Waals surface area (Å²) in [6.45, 7) is 3.44. The van der Waals surface area contributed by atoms with Crippen LogP contribution in [0.2, 0.25) is 0 Å². The van der Waals surface area contributed by atoms with Gasteiger partial charge in [0.2, 0.25) is 6.79 Å². The number of carboxylic acid groups (broad SMARTS) is 1. The third-order valence-electron chi connectivity index (χ3n) is 4.64. The van der Waals surface area contributed by atoms with Gasteiger partial charge in [0, 0.05) is 30.9 Å². The lowest BCUT2D eigenvalue weighted by molar-refractivity contribution is -0.142. The highest BCUT2D eigenvalue weighted by Gasteiger charge is 2.25. The summed E-state index contributed by atoms with van der Waals surface area (Å²) in [5.41, 5.74) is 0.850. The molecule has 26 heavy (non-hydrogen) atoms. The average Bonchev–Trinajstić information content (AvgIpc) is 3.09. The average molecular weight is 356 g/mol. The number of fused-ring (bicyclic) bond motifs is 1. The van der Waals surface area contributed by atoms with Crippen LogP contribution in [0.5, 0.6) is 11.5 Å². The molecule has 2 aromatic rings. The van der Waals surface area contributed by atoms with E-state index in [2.05, 4.69) is 20.2 Å². The maximum absolute atomic E-state index is 11.1. The van der Waals surface area contributed by atoms with Crippen molar-refractivity contribution < 1.29 is 19.4 Å². The number of nitrogens with one attached hydrogen (secondary N) is 1. The highest BCUT2D eigenvalue weighted by Crippen LogP contribution is 2.35. The van der Waals surface area contributed by atoms with Crippen LogP contribution in [0.3, 0.4) is 0 Å². The molecule has 2 aliphatic rings. The van der Waals surface area contributed by atoms with E-state index in [9.17, 15) is 4.79 Å². The molecule has 1 saturated heterocycles. The monoisotopic (exact) mass is 356 g/mol. The van der Waals surface area contributed by atoms with Gasteiger partial charge in [-0.05, 0) is 31.9 Å². The molecule has 2 aliphatic heterocycles. The van der Waals surface area contributed by atoms with Crippen LogP contribution in [-0.2, 0) is 4.79 Å². The summed E-state index contributed by atoms with van der Waals surface area (Å²) in [5.74, 6) is 2.62. The van der Waals surface area contributed by atoms with Gasteiger partial charge in [-0.25, -0.2) is 9.97 Å². The van der Waals surface area contributed by atoms with Crippen molar-refractivity contribution in [2.45, 2.75) is 19.8 Å². The molecule has 0 spiro atoms. The van der Waals surface area contributed by atoms with Crippen LogP contribution in [0.25, 0.3) is 0 Å². The van der Waals surface area contributed by atoms with Crippen LogP contribution in [0.1, 0.15) is 18.7 Å². The summed E-state index contributed by atoms with van der Waals surface area (Å²) in [6, 6.07) is 7.52. The first kappa shape index (κ1) is 16.4. The molecule has 8 heteroatoms. The zero-order valence-corrected chi connectivity index (χ0v) is 14.4. The number of anilines is 3. The SMILES string of the molecule is Cc1nc(Nc2ccc3c(c2)OCO3)cc(N2CCC(C(=O)O)CC2)n1. The zero-order chi connectivity index (χ0) is 18.1. The lowest BCUT2D eigenvalue weighted by Gasteiger charge is -2.31. The van der Waals surface area contributed by atoms with Crippen molar-refractivity contribution >= 4 is 23.3 Å². The maximum atomic E-state index is 11.1. The molecule has 0 amide bonds. The van der Waals surface area contributed by atoms with E-state index in [0.717, 1.165) is 17.3 Å². The Bertz CT molecular complexity index is 834. The van der Waals surface area contributed by atoms with E-state index in [1.54, 1.807) is 0 Å². The summed E-state index contributed by atoms with van der Waals surface area (Å²) < 4.78 is 10.7. The fraction of sp³-hybridized carbons (Fsp3) is 0.389. The number of aliphatic carboxylic acids is 1. The van der Waals surface area contributed by atoms with Gasteiger partial charge < -0.3 is 24.8 Å². The number of benzene rings is 1. The van der Waals surface area contributed by atoms with E-state index in [1.165, 1.54) is 0 Å². The standard InChI is InChI=1S/C18H20N4O4/c1-11-19-16(21-13-2-3-14-15(8-13)26-10-25-14)9-17(20-11)22-6-4-12(5-7-22)18(23)24/h2-3,8-9,12H,4-7,10H2,1H3,(H,23,24)(H,19,20,21). The van der Waals surface area contributed by atoms with Gasteiger partial charge in [-0.2, -0.15) is 0 Å². The largest absolute Gasteiger partial charge is 0.481 e. The molecular formula is C18H20N4O4. The molecule has 8 nitrogen and oxygen atoms in total. The number of nitrogens with zero attached hydrogens (tertiary/aromatic N) is 3. The second kappa shape index (κ2) is 6.70. The second-order valence-corrected chi connectivity index (χ2v) is 6.45. The summed E-state index contributed by atoms with van der Waals surface area (Å²) in [5, 5.41) is 12.4. The minimum Gasteiger partial charge on any atom is -0.481 e. The fourth-order valence-corrected chi connectivity index (χ4v) is 3.26. The molecule has 0 bridgehead atoms. The Morgan fingerprint density at radius 2 is 1.96 bits per heavy atom. The zero-order valence-electron chi connectivity index (χ0n) is 14.4. The Balaban J connectivity index is 1.50. The number of carbonyl (C=O) groups is 1. The van der Waals surface area contributed by atoms with Crippen molar-refractivity contribution in [2.24, 2.45) is 5.92 Å². The van der Waals surface area contributed by atoms with E-state index in [1.807, 2.05) is 31.2 Å². The Hall–Kier alpha value is -3.03. The van der Waals surface area contributed by atoms with Gasteiger partial charge in [-0.1, -0.05) is 0 Å². The van der Waals surface area contributed by atoms with E-state index >= 15 is 0 Å². The summed E-state index contributed by atoms with van der Waals surface area (Å²) >= 11 is 0. The lowest BCUT2D eigenvalue weighted by atomic mass is 9.97. The molecule has 4 rings (SSSR count). The molecule has 1 aromatic carbocycles. The van der Waals surface area contributed by atoms with Crippen LogP contribution in [0, 0.1) is 12.8 Å². The van der Waals surface area contributed by atoms with E-state index in [-0.39, 0.29) is 12.7 Å². The first-order valence-corrected chi connectivity index (χ1v) is 8.58. The quantitative estimate of drug-likeness (QED) is 0.863. The topological polar surface area (TPSA) is 96.8 Å². The van der Waals surface area contributed by atoms with E-state index in [4.69, 9.17) is 14.6 Å². The summed E-state index contributed by atoms with van der Waals surface area (Å²) in [4.78, 5) is 22.2. The predicted molar refractivity (Wildman–Crippen MR) is 95.2 cm³/mol. The second-order valence-electron chi connectivity index (χ2n) is 6.45. The molecule has 1 fully saturated rings. The van der Waals surface area contributed by atoms with Gasteiger partial charge in [0.25, 0.3) is 0 Å². The van der Waals surface area contributed by atoms with Gasteiger partial charge in [-0.15, -0.1) is 0 Å². The number of hydrogen-bond acceptors (Lipinski definition) is 7. The molecule has 3 heterocycles. The Morgan fingerprint density at radius 1 is 1.19 bits per heavy atom. The Morgan fingerprint density at radius 3 is 2.73 bits per heavy atom. The van der Waals surface area contributed by atoms with Gasteiger partial charge >= 0.3 is 5.97 Å². The molecule has 1 aromatic heterocycles. The first-order chi connectivity index (χ1) is 12.6. The molecular weight excluding hydrogens is 336 g/mol. The number of aryl methyl sites for hydroxylation is 1. The van der Waals surface area contributed by atoms with Crippen LogP contribution >= 0.6 is 0 Å². The summed E-state index contributed by atoms with van der Waals surface area (Å²) in [6.07, 6.45) is 1.26. The number of carboxylic acids is 1. The first-order valence-electron chi connectivity index (χ1n) is 8.58. The number of piperidine rings is 1. The smallest absolute Gasteiger partial charge is 0.306 e. The molecule has 2 N–H and O–H groups in total. The van der Waals surface area contributed by atoms with Crippen molar-refractivity contribution in [2.75, 3.05) is 30.1 Å². The number of aromatic nitrogens is 2. The van der Waals surface area contributed by atoms with E-state index < -0.39 is 5.97 Å². The fourth-order valence-electron chi connectivity index (χ4n) is 3.26. The molecule has 0 saturated carbocycles. The third-order valence-corrected chi connectivity index (χ3v) is 4.64. The Kier molecular flexibility index (Phi) is 4.24. The van der Waals surface area contributed by atoms with Gasteiger partial charge in [0.15, 0.2) is 11.5 Å². The number of ether oxygens (including phenoxy) is 2.